The quantitative estimate of drug-likeness (QED) is 0.796. The fourth-order valence-corrected chi connectivity index (χ4v) is 3.84. The van der Waals surface area contributed by atoms with Crippen molar-refractivity contribution in [1.29, 1.82) is 0 Å². The molecule has 0 aromatic heterocycles. The number of benzene rings is 2. The van der Waals surface area contributed by atoms with Crippen LogP contribution in [0.15, 0.2) is 42.5 Å². The molecular weight excluding hydrogens is 356 g/mol. The Labute approximate surface area is 165 Å². The third-order valence-corrected chi connectivity index (χ3v) is 5.19. The Morgan fingerprint density at radius 2 is 2.07 bits per heavy atom. The number of amides is 1. The van der Waals surface area contributed by atoms with Gasteiger partial charge in [-0.15, -0.1) is 0 Å². The van der Waals surface area contributed by atoms with E-state index in [9.17, 15) is 4.79 Å². The van der Waals surface area contributed by atoms with Crippen LogP contribution in [0.25, 0.3) is 0 Å². The minimum Gasteiger partial charge on any atom is -0.497 e. The molecule has 0 N–H and O–H groups in total. The fraction of sp³-hybridized carbons (Fsp3) is 0.409. The molecule has 2 aromatic carbocycles. The lowest BCUT2D eigenvalue weighted by atomic mass is 10.0. The third-order valence-electron chi connectivity index (χ3n) is 5.19. The molecule has 148 valence electrons. The second-order valence-corrected chi connectivity index (χ2v) is 7.34. The molecule has 0 saturated heterocycles. The largest absolute Gasteiger partial charge is 0.497 e. The Morgan fingerprint density at radius 1 is 1.25 bits per heavy atom. The van der Waals surface area contributed by atoms with Crippen molar-refractivity contribution in [3.8, 4) is 17.2 Å². The van der Waals surface area contributed by atoms with E-state index in [1.54, 1.807) is 7.11 Å². The first kappa shape index (κ1) is 18.6. The van der Waals surface area contributed by atoms with Crippen LogP contribution < -0.4 is 19.1 Å². The van der Waals surface area contributed by atoms with Crippen molar-refractivity contribution >= 4 is 11.6 Å². The van der Waals surface area contributed by atoms with Crippen molar-refractivity contribution in [3.05, 3.63) is 48.0 Å². The summed E-state index contributed by atoms with van der Waals surface area (Å²) < 4.78 is 17.1. The highest BCUT2D eigenvalue weighted by atomic mass is 16.6. The summed E-state index contributed by atoms with van der Waals surface area (Å²) in [6.07, 6.45) is 1.84. The Balaban J connectivity index is 1.37. The van der Waals surface area contributed by atoms with Gasteiger partial charge < -0.3 is 19.1 Å². The molecule has 2 heterocycles. The number of likely N-dealkylation sites (N-methyl/N-ethyl adjacent to an activating group) is 1. The zero-order valence-electron chi connectivity index (χ0n) is 16.4. The van der Waals surface area contributed by atoms with Crippen molar-refractivity contribution in [1.82, 2.24) is 4.90 Å². The zero-order chi connectivity index (χ0) is 19.5. The van der Waals surface area contributed by atoms with Crippen LogP contribution in [-0.2, 0) is 11.2 Å². The van der Waals surface area contributed by atoms with Gasteiger partial charge in [-0.3, -0.25) is 9.69 Å². The number of hydrogen-bond donors (Lipinski definition) is 0. The van der Waals surface area contributed by atoms with Gasteiger partial charge in [0.05, 0.1) is 13.7 Å². The summed E-state index contributed by atoms with van der Waals surface area (Å²) in [5.74, 6) is 2.47. The standard InChI is InChI=1S/C22H26N2O4/c1-23(13-18-15-27-20-7-3-4-8-21(20)28-18)14-22(25)24-11-5-6-16-12-17(26-2)9-10-19(16)24/h3-4,7-10,12,18H,5-6,11,13-15H2,1-2H3/t18-/m0/s1. The van der Waals surface area contributed by atoms with Crippen LogP contribution in [0.4, 0.5) is 5.69 Å². The van der Waals surface area contributed by atoms with Crippen LogP contribution in [0.3, 0.4) is 0 Å². The number of rotatable bonds is 5. The highest BCUT2D eigenvalue weighted by Gasteiger charge is 2.26. The summed E-state index contributed by atoms with van der Waals surface area (Å²) in [7, 11) is 3.61. The van der Waals surface area contributed by atoms with E-state index in [2.05, 4.69) is 0 Å². The first-order valence-electron chi connectivity index (χ1n) is 9.68. The number of fused-ring (bicyclic) bond motifs is 2. The summed E-state index contributed by atoms with van der Waals surface area (Å²) >= 11 is 0. The van der Waals surface area contributed by atoms with Gasteiger partial charge in [0.15, 0.2) is 11.5 Å². The summed E-state index contributed by atoms with van der Waals surface area (Å²) in [5.41, 5.74) is 2.17. The second-order valence-electron chi connectivity index (χ2n) is 7.34. The molecule has 0 aliphatic carbocycles. The maximum absolute atomic E-state index is 12.9. The number of carbonyl (C=O) groups is 1. The van der Waals surface area contributed by atoms with Gasteiger partial charge in [0, 0.05) is 18.8 Å². The van der Waals surface area contributed by atoms with Gasteiger partial charge in [0.2, 0.25) is 5.91 Å². The molecule has 1 atom stereocenters. The van der Waals surface area contributed by atoms with Crippen molar-refractivity contribution in [3.63, 3.8) is 0 Å². The number of carbonyl (C=O) groups excluding carboxylic acids is 1. The highest BCUT2D eigenvalue weighted by molar-refractivity contribution is 5.96. The molecule has 2 aliphatic heterocycles. The van der Waals surface area contributed by atoms with E-state index < -0.39 is 0 Å². The maximum Gasteiger partial charge on any atom is 0.241 e. The summed E-state index contributed by atoms with van der Waals surface area (Å²) in [6, 6.07) is 13.6. The van der Waals surface area contributed by atoms with Crippen molar-refractivity contribution < 1.29 is 19.0 Å². The molecule has 0 fully saturated rings. The predicted molar refractivity (Wildman–Crippen MR) is 108 cm³/mol. The van der Waals surface area contributed by atoms with Gasteiger partial charge in [-0.25, -0.2) is 0 Å². The van der Waals surface area contributed by atoms with Crippen LogP contribution >= 0.6 is 0 Å². The Bertz CT molecular complexity index is 854. The zero-order valence-corrected chi connectivity index (χ0v) is 16.4. The van der Waals surface area contributed by atoms with E-state index in [0.29, 0.717) is 19.7 Å². The number of methoxy groups -OCH3 is 1. The molecule has 28 heavy (non-hydrogen) atoms. The first-order valence-corrected chi connectivity index (χ1v) is 9.68. The molecule has 0 radical (unpaired) electrons. The number of aryl methyl sites for hydroxylation is 1. The molecule has 4 rings (SSSR count). The van der Waals surface area contributed by atoms with Crippen LogP contribution in [0.1, 0.15) is 12.0 Å². The van der Waals surface area contributed by atoms with E-state index in [4.69, 9.17) is 14.2 Å². The number of ether oxygens (including phenoxy) is 3. The van der Waals surface area contributed by atoms with E-state index in [0.717, 1.165) is 42.3 Å². The number of hydrogen-bond acceptors (Lipinski definition) is 5. The molecule has 1 amide bonds. The van der Waals surface area contributed by atoms with Crippen molar-refractivity contribution in [2.45, 2.75) is 18.9 Å². The van der Waals surface area contributed by atoms with Crippen molar-refractivity contribution in [2.75, 3.05) is 45.3 Å². The summed E-state index contributed by atoms with van der Waals surface area (Å²) in [4.78, 5) is 16.8. The van der Waals surface area contributed by atoms with Gasteiger partial charge in [-0.05, 0) is 55.8 Å². The van der Waals surface area contributed by atoms with Gasteiger partial charge in [0.1, 0.15) is 18.5 Å². The molecular formula is C22H26N2O4. The van der Waals surface area contributed by atoms with E-state index in [-0.39, 0.29) is 12.0 Å². The van der Waals surface area contributed by atoms with Crippen LogP contribution in [0.2, 0.25) is 0 Å². The van der Waals surface area contributed by atoms with Crippen LogP contribution in [-0.4, -0.2) is 57.3 Å². The molecule has 0 bridgehead atoms. The first-order chi connectivity index (χ1) is 13.6. The van der Waals surface area contributed by atoms with Gasteiger partial charge >= 0.3 is 0 Å². The fourth-order valence-electron chi connectivity index (χ4n) is 3.84. The average Bonchev–Trinajstić information content (AvgIpc) is 2.72. The highest BCUT2D eigenvalue weighted by Crippen LogP contribution is 2.32. The minimum absolute atomic E-state index is 0.0920. The van der Waals surface area contributed by atoms with E-state index in [1.165, 1.54) is 5.56 Å². The SMILES string of the molecule is COc1ccc2c(c1)CCCN2C(=O)CN(C)C[C@H]1COc2ccccc2O1. The molecule has 2 aromatic rings. The Morgan fingerprint density at radius 3 is 2.89 bits per heavy atom. The second kappa shape index (κ2) is 8.10. The lowest BCUT2D eigenvalue weighted by molar-refractivity contribution is -0.119. The maximum atomic E-state index is 12.9. The lowest BCUT2D eigenvalue weighted by Crippen LogP contribution is -2.45. The van der Waals surface area contributed by atoms with Crippen LogP contribution in [0.5, 0.6) is 17.2 Å². The normalized spacial score (nSPS) is 18.0. The molecule has 0 saturated carbocycles. The third kappa shape index (κ3) is 3.92. The van der Waals surface area contributed by atoms with Gasteiger partial charge in [-0.2, -0.15) is 0 Å². The minimum atomic E-state index is -0.0920. The number of para-hydroxylation sites is 2. The number of nitrogens with zero attached hydrogens (tertiary/aromatic N) is 2. The molecule has 0 spiro atoms. The average molecular weight is 382 g/mol. The number of anilines is 1. The van der Waals surface area contributed by atoms with E-state index in [1.807, 2.05) is 59.3 Å². The van der Waals surface area contributed by atoms with Crippen molar-refractivity contribution in [2.24, 2.45) is 0 Å². The van der Waals surface area contributed by atoms with Gasteiger partial charge in [-0.1, -0.05) is 12.1 Å². The monoisotopic (exact) mass is 382 g/mol. The van der Waals surface area contributed by atoms with E-state index >= 15 is 0 Å². The van der Waals surface area contributed by atoms with Gasteiger partial charge in [0.25, 0.3) is 0 Å². The Hall–Kier alpha value is -2.73. The topological polar surface area (TPSA) is 51.2 Å². The van der Waals surface area contributed by atoms with Crippen LogP contribution in [0, 0.1) is 0 Å². The lowest BCUT2D eigenvalue weighted by Gasteiger charge is -2.33. The smallest absolute Gasteiger partial charge is 0.241 e. The summed E-state index contributed by atoms with van der Waals surface area (Å²) in [6.45, 7) is 2.21. The molecule has 6 nitrogen and oxygen atoms in total. The molecule has 2 aliphatic rings. The molecule has 0 unspecified atom stereocenters. The summed E-state index contributed by atoms with van der Waals surface area (Å²) in [5, 5.41) is 0. The molecule has 6 heteroatoms. The predicted octanol–water partition coefficient (Wildman–Crippen LogP) is 2.75. The Kier molecular flexibility index (Phi) is 5.39.